The first kappa shape index (κ1) is 16.6. The fourth-order valence-corrected chi connectivity index (χ4v) is 3.56. The molecule has 0 spiro atoms. The lowest BCUT2D eigenvalue weighted by Crippen LogP contribution is -2.54. The van der Waals surface area contributed by atoms with Gasteiger partial charge >= 0.3 is 0 Å². The number of rotatable bonds is 1. The van der Waals surface area contributed by atoms with Crippen molar-refractivity contribution >= 4 is 23.6 Å². The molecule has 1 atom stereocenters. The molecule has 8 nitrogen and oxygen atoms in total. The zero-order valence-electron chi connectivity index (χ0n) is 14.7. The Kier molecular flexibility index (Phi) is 3.37. The zero-order valence-corrected chi connectivity index (χ0v) is 14.7. The highest BCUT2D eigenvalue weighted by molar-refractivity contribution is 6.25. The highest BCUT2D eigenvalue weighted by Gasteiger charge is 2.48. The number of amides is 4. The Bertz CT molecular complexity index is 883. The van der Waals surface area contributed by atoms with Crippen LogP contribution in [0.4, 0.5) is 0 Å². The molecule has 1 N–H and O–H groups in total. The Morgan fingerprint density at radius 3 is 2.42 bits per heavy atom. The van der Waals surface area contributed by atoms with Crippen molar-refractivity contribution in [3.05, 3.63) is 22.8 Å². The molecule has 1 aromatic rings. The van der Waals surface area contributed by atoms with Gasteiger partial charge in [-0.15, -0.1) is 0 Å². The van der Waals surface area contributed by atoms with E-state index in [1.165, 1.54) is 0 Å². The normalized spacial score (nSPS) is 22.0. The number of carbonyl (C=O) groups is 4. The summed E-state index contributed by atoms with van der Waals surface area (Å²) in [5.41, 5.74) is 0.752. The van der Waals surface area contributed by atoms with Gasteiger partial charge in [-0.1, -0.05) is 20.8 Å². The molecule has 4 rings (SSSR count). The Labute approximate surface area is 149 Å². The number of piperidine rings is 1. The molecular weight excluding hydrogens is 340 g/mol. The summed E-state index contributed by atoms with van der Waals surface area (Å²) in [6, 6.07) is 0.644. The van der Waals surface area contributed by atoms with Crippen molar-refractivity contribution in [3.8, 4) is 11.5 Å². The number of fused-ring (bicyclic) bond motifs is 3. The molecular formula is C18H18N2O6. The fourth-order valence-electron chi connectivity index (χ4n) is 3.56. The molecule has 3 aliphatic heterocycles. The van der Waals surface area contributed by atoms with Gasteiger partial charge in [0, 0.05) is 12.0 Å². The summed E-state index contributed by atoms with van der Waals surface area (Å²) in [5.74, 6) is -1.48. The van der Waals surface area contributed by atoms with Gasteiger partial charge in [0.25, 0.3) is 11.8 Å². The molecule has 0 saturated carbocycles. The third kappa shape index (κ3) is 2.21. The number of hydrogen-bond acceptors (Lipinski definition) is 6. The molecule has 3 heterocycles. The first-order chi connectivity index (χ1) is 12.2. The van der Waals surface area contributed by atoms with Crippen LogP contribution in [0.2, 0.25) is 0 Å². The third-order valence-corrected chi connectivity index (χ3v) is 4.85. The van der Waals surface area contributed by atoms with E-state index in [4.69, 9.17) is 9.47 Å². The number of nitrogens with one attached hydrogen (secondary N) is 1. The monoisotopic (exact) mass is 358 g/mol. The van der Waals surface area contributed by atoms with Gasteiger partial charge < -0.3 is 9.47 Å². The van der Waals surface area contributed by atoms with E-state index in [-0.39, 0.29) is 41.9 Å². The molecule has 0 aromatic heterocycles. The molecule has 1 fully saturated rings. The average Bonchev–Trinajstić information content (AvgIpc) is 3.11. The maximum atomic E-state index is 13.0. The SMILES string of the molecule is CC(C)(C)c1cc2c(c3c1OCO3)C(=O)N(C1CCC(=O)NC1=O)C2=O. The molecule has 0 radical (unpaired) electrons. The van der Waals surface area contributed by atoms with Crippen LogP contribution in [0.3, 0.4) is 0 Å². The number of benzene rings is 1. The van der Waals surface area contributed by atoms with E-state index >= 15 is 0 Å². The Morgan fingerprint density at radius 1 is 1.08 bits per heavy atom. The van der Waals surface area contributed by atoms with E-state index in [9.17, 15) is 19.2 Å². The summed E-state index contributed by atoms with van der Waals surface area (Å²) in [5, 5.41) is 2.18. The maximum Gasteiger partial charge on any atom is 0.266 e. The van der Waals surface area contributed by atoms with Gasteiger partial charge in [-0.3, -0.25) is 29.4 Å². The second-order valence-electron chi connectivity index (χ2n) is 7.61. The van der Waals surface area contributed by atoms with Crippen molar-refractivity contribution in [2.75, 3.05) is 6.79 Å². The standard InChI is InChI=1S/C18H18N2O6/c1-18(2,3)9-6-8-12(14-13(9)25-7-26-14)17(24)20(16(8)23)10-4-5-11(21)19-15(10)22/h6,10H,4-5,7H2,1-3H3,(H,19,21,22). The Balaban J connectivity index is 1.83. The van der Waals surface area contributed by atoms with Crippen LogP contribution in [0, 0.1) is 0 Å². The minimum absolute atomic E-state index is 0.0330. The van der Waals surface area contributed by atoms with Crippen molar-refractivity contribution in [3.63, 3.8) is 0 Å². The van der Waals surface area contributed by atoms with Crippen LogP contribution in [-0.4, -0.2) is 41.4 Å². The lowest BCUT2D eigenvalue weighted by atomic mass is 9.84. The summed E-state index contributed by atoms with van der Waals surface area (Å²) in [6.07, 6.45) is 0.191. The van der Waals surface area contributed by atoms with Gasteiger partial charge in [-0.25, -0.2) is 0 Å². The van der Waals surface area contributed by atoms with Crippen LogP contribution in [0.15, 0.2) is 6.07 Å². The van der Waals surface area contributed by atoms with Crippen molar-refractivity contribution in [1.82, 2.24) is 10.2 Å². The van der Waals surface area contributed by atoms with Gasteiger partial charge in [0.15, 0.2) is 11.5 Å². The predicted octanol–water partition coefficient (Wildman–Crippen LogP) is 1.11. The molecule has 8 heteroatoms. The van der Waals surface area contributed by atoms with E-state index in [2.05, 4.69) is 5.32 Å². The van der Waals surface area contributed by atoms with E-state index in [1.54, 1.807) is 6.07 Å². The van der Waals surface area contributed by atoms with Crippen molar-refractivity contribution < 1.29 is 28.7 Å². The van der Waals surface area contributed by atoms with Gasteiger partial charge in [0.2, 0.25) is 18.6 Å². The molecule has 0 aliphatic carbocycles. The summed E-state index contributed by atoms with van der Waals surface area (Å²) in [7, 11) is 0. The number of hydrogen-bond donors (Lipinski definition) is 1. The molecule has 0 bridgehead atoms. The van der Waals surface area contributed by atoms with Crippen molar-refractivity contribution in [1.29, 1.82) is 0 Å². The minimum Gasteiger partial charge on any atom is -0.453 e. The quantitative estimate of drug-likeness (QED) is 0.755. The highest BCUT2D eigenvalue weighted by atomic mass is 16.7. The summed E-state index contributed by atoms with van der Waals surface area (Å²) in [4.78, 5) is 50.4. The summed E-state index contributed by atoms with van der Waals surface area (Å²) < 4.78 is 11.1. The number of ether oxygens (including phenoxy) is 2. The summed E-state index contributed by atoms with van der Waals surface area (Å²) in [6.45, 7) is 5.87. The zero-order chi connectivity index (χ0) is 18.8. The molecule has 1 aromatic carbocycles. The second-order valence-corrected chi connectivity index (χ2v) is 7.61. The van der Waals surface area contributed by atoms with E-state index < -0.39 is 29.7 Å². The molecule has 26 heavy (non-hydrogen) atoms. The number of imide groups is 2. The van der Waals surface area contributed by atoms with Crippen LogP contribution in [-0.2, 0) is 15.0 Å². The van der Waals surface area contributed by atoms with E-state index in [0.29, 0.717) is 5.75 Å². The van der Waals surface area contributed by atoms with Crippen molar-refractivity contribution in [2.24, 2.45) is 0 Å². The first-order valence-electron chi connectivity index (χ1n) is 8.39. The molecule has 4 amide bonds. The van der Waals surface area contributed by atoms with E-state index in [0.717, 1.165) is 10.5 Å². The first-order valence-corrected chi connectivity index (χ1v) is 8.39. The lowest BCUT2D eigenvalue weighted by Gasteiger charge is -2.27. The van der Waals surface area contributed by atoms with Gasteiger partial charge in [0.1, 0.15) is 6.04 Å². The molecule has 1 unspecified atom stereocenters. The van der Waals surface area contributed by atoms with Crippen molar-refractivity contribution in [2.45, 2.75) is 45.1 Å². The van der Waals surface area contributed by atoms with Crippen LogP contribution < -0.4 is 14.8 Å². The highest BCUT2D eigenvalue weighted by Crippen LogP contribution is 2.48. The van der Waals surface area contributed by atoms with Crippen LogP contribution in [0.25, 0.3) is 0 Å². The van der Waals surface area contributed by atoms with Crippen LogP contribution >= 0.6 is 0 Å². The molecule has 3 aliphatic rings. The predicted molar refractivity (Wildman–Crippen MR) is 87.9 cm³/mol. The number of carbonyl (C=O) groups excluding carboxylic acids is 4. The topological polar surface area (TPSA) is 102 Å². The second kappa shape index (κ2) is 5.30. The summed E-state index contributed by atoms with van der Waals surface area (Å²) >= 11 is 0. The number of nitrogens with zero attached hydrogens (tertiary/aromatic N) is 1. The van der Waals surface area contributed by atoms with Gasteiger partial charge in [-0.05, 0) is 17.9 Å². The Hall–Kier alpha value is -2.90. The molecule has 1 saturated heterocycles. The average molecular weight is 358 g/mol. The van der Waals surface area contributed by atoms with E-state index in [1.807, 2.05) is 20.8 Å². The maximum absolute atomic E-state index is 13.0. The third-order valence-electron chi connectivity index (χ3n) is 4.85. The van der Waals surface area contributed by atoms with Crippen LogP contribution in [0.5, 0.6) is 11.5 Å². The minimum atomic E-state index is -1.00. The Morgan fingerprint density at radius 2 is 1.77 bits per heavy atom. The van der Waals surface area contributed by atoms with Gasteiger partial charge in [-0.2, -0.15) is 0 Å². The van der Waals surface area contributed by atoms with Crippen LogP contribution in [0.1, 0.15) is 59.9 Å². The smallest absolute Gasteiger partial charge is 0.266 e. The largest absolute Gasteiger partial charge is 0.453 e. The lowest BCUT2D eigenvalue weighted by molar-refractivity contribution is -0.136. The van der Waals surface area contributed by atoms with Gasteiger partial charge in [0.05, 0.1) is 11.1 Å². The molecule has 136 valence electrons. The fraction of sp³-hybridized carbons (Fsp3) is 0.444.